The van der Waals surface area contributed by atoms with Crippen LogP contribution in [0, 0.1) is 6.92 Å². The number of rotatable bonds is 2. The van der Waals surface area contributed by atoms with Gasteiger partial charge in [-0.2, -0.15) is 4.37 Å². The van der Waals surface area contributed by atoms with Crippen LogP contribution in [0.3, 0.4) is 0 Å². The summed E-state index contributed by atoms with van der Waals surface area (Å²) in [5, 5.41) is 7.22. The standard InChI is InChI=1S/C6H10N4S2/c1-3-7-5(11)9-6-8-4(2)10-12-6/h3H2,1-2H3,(H2,7,8,9,10,11). The molecule has 0 unspecified atom stereocenters. The van der Waals surface area contributed by atoms with Crippen molar-refractivity contribution in [2.24, 2.45) is 0 Å². The van der Waals surface area contributed by atoms with E-state index in [4.69, 9.17) is 12.2 Å². The van der Waals surface area contributed by atoms with Crippen LogP contribution < -0.4 is 10.6 Å². The zero-order chi connectivity index (χ0) is 8.97. The van der Waals surface area contributed by atoms with Gasteiger partial charge in [0.1, 0.15) is 5.82 Å². The number of nitrogens with zero attached hydrogens (tertiary/aromatic N) is 2. The minimum atomic E-state index is 0.591. The van der Waals surface area contributed by atoms with Crippen LogP contribution in [-0.4, -0.2) is 21.0 Å². The highest BCUT2D eigenvalue weighted by atomic mass is 32.1. The van der Waals surface area contributed by atoms with Gasteiger partial charge in [-0.05, 0) is 26.1 Å². The van der Waals surface area contributed by atoms with Crippen LogP contribution in [-0.2, 0) is 0 Å². The van der Waals surface area contributed by atoms with E-state index in [0.29, 0.717) is 5.11 Å². The predicted molar refractivity (Wildman–Crippen MR) is 54.5 cm³/mol. The van der Waals surface area contributed by atoms with E-state index < -0.39 is 0 Å². The van der Waals surface area contributed by atoms with Gasteiger partial charge in [-0.25, -0.2) is 4.98 Å². The number of aryl methyl sites for hydroxylation is 1. The topological polar surface area (TPSA) is 49.8 Å². The lowest BCUT2D eigenvalue weighted by atomic mass is 10.7. The Morgan fingerprint density at radius 1 is 1.67 bits per heavy atom. The molecule has 1 rings (SSSR count). The minimum absolute atomic E-state index is 0.591. The Bertz CT molecular complexity index is 270. The molecule has 0 aromatic carbocycles. The second kappa shape index (κ2) is 4.32. The Balaban J connectivity index is 2.46. The Morgan fingerprint density at radius 3 is 2.92 bits per heavy atom. The summed E-state index contributed by atoms with van der Waals surface area (Å²) in [6, 6.07) is 0. The summed E-state index contributed by atoms with van der Waals surface area (Å²) in [4.78, 5) is 4.10. The number of hydrogen-bond acceptors (Lipinski definition) is 4. The SMILES string of the molecule is CCNC(=S)Nc1nc(C)ns1. The highest BCUT2D eigenvalue weighted by Gasteiger charge is 2.00. The maximum Gasteiger partial charge on any atom is 0.208 e. The van der Waals surface area contributed by atoms with Gasteiger partial charge in [-0.3, -0.25) is 0 Å². The number of thiocarbonyl (C=S) groups is 1. The summed E-state index contributed by atoms with van der Waals surface area (Å²) in [7, 11) is 0. The van der Waals surface area contributed by atoms with Gasteiger partial charge in [0.25, 0.3) is 0 Å². The van der Waals surface area contributed by atoms with Gasteiger partial charge < -0.3 is 10.6 Å². The molecule has 6 heteroatoms. The first kappa shape index (κ1) is 9.34. The molecule has 0 bridgehead atoms. The van der Waals surface area contributed by atoms with Crippen molar-refractivity contribution < 1.29 is 0 Å². The molecule has 0 fully saturated rings. The molecule has 12 heavy (non-hydrogen) atoms. The van der Waals surface area contributed by atoms with Crippen molar-refractivity contribution in [2.75, 3.05) is 11.9 Å². The molecule has 4 nitrogen and oxygen atoms in total. The van der Waals surface area contributed by atoms with Gasteiger partial charge in [-0.15, -0.1) is 0 Å². The van der Waals surface area contributed by atoms with Crippen LogP contribution in [0.1, 0.15) is 12.7 Å². The van der Waals surface area contributed by atoms with Gasteiger partial charge in [0.15, 0.2) is 5.11 Å². The molecule has 2 N–H and O–H groups in total. The summed E-state index contributed by atoms with van der Waals surface area (Å²) in [6.45, 7) is 4.64. The lowest BCUT2D eigenvalue weighted by Gasteiger charge is -2.03. The molecule has 1 aromatic heterocycles. The number of anilines is 1. The van der Waals surface area contributed by atoms with E-state index in [9.17, 15) is 0 Å². The molecule has 0 saturated carbocycles. The first-order valence-corrected chi connectivity index (χ1v) is 4.75. The Morgan fingerprint density at radius 2 is 2.42 bits per heavy atom. The summed E-state index contributed by atoms with van der Waals surface area (Å²) in [6.07, 6.45) is 0. The Hall–Kier alpha value is -0.750. The lowest BCUT2D eigenvalue weighted by molar-refractivity contribution is 0.978. The van der Waals surface area contributed by atoms with Crippen LogP contribution >= 0.6 is 23.8 Å². The van der Waals surface area contributed by atoms with E-state index in [0.717, 1.165) is 17.5 Å². The fraction of sp³-hybridized carbons (Fsp3) is 0.500. The molecular formula is C6H10N4S2. The van der Waals surface area contributed by atoms with Gasteiger partial charge in [-0.1, -0.05) is 0 Å². The van der Waals surface area contributed by atoms with Crippen molar-refractivity contribution in [2.45, 2.75) is 13.8 Å². The van der Waals surface area contributed by atoms with Crippen LogP contribution in [0.4, 0.5) is 5.13 Å². The third-order valence-corrected chi connectivity index (χ3v) is 2.05. The van der Waals surface area contributed by atoms with Crippen molar-refractivity contribution in [1.82, 2.24) is 14.7 Å². The lowest BCUT2D eigenvalue weighted by Crippen LogP contribution is -2.27. The average molecular weight is 202 g/mol. The second-order valence-corrected chi connectivity index (χ2v) is 3.29. The predicted octanol–water partition coefficient (Wildman–Crippen LogP) is 1.15. The fourth-order valence-electron chi connectivity index (χ4n) is 0.650. The van der Waals surface area contributed by atoms with Gasteiger partial charge >= 0.3 is 0 Å². The van der Waals surface area contributed by atoms with Crippen molar-refractivity contribution >= 4 is 34.0 Å². The van der Waals surface area contributed by atoms with Gasteiger partial charge in [0, 0.05) is 18.1 Å². The average Bonchev–Trinajstić information content (AvgIpc) is 2.36. The monoisotopic (exact) mass is 202 g/mol. The third kappa shape index (κ3) is 2.71. The largest absolute Gasteiger partial charge is 0.363 e. The van der Waals surface area contributed by atoms with Crippen LogP contribution in [0.25, 0.3) is 0 Å². The van der Waals surface area contributed by atoms with Crippen LogP contribution in [0.15, 0.2) is 0 Å². The molecule has 66 valence electrons. The third-order valence-electron chi connectivity index (χ3n) is 1.09. The van der Waals surface area contributed by atoms with Crippen LogP contribution in [0.5, 0.6) is 0 Å². The highest BCUT2D eigenvalue weighted by Crippen LogP contribution is 2.09. The number of aromatic nitrogens is 2. The van der Waals surface area contributed by atoms with Gasteiger partial charge in [0.05, 0.1) is 0 Å². The molecule has 0 amide bonds. The number of hydrogen-bond donors (Lipinski definition) is 2. The van der Waals surface area contributed by atoms with E-state index in [2.05, 4.69) is 20.0 Å². The molecule has 0 aliphatic carbocycles. The van der Waals surface area contributed by atoms with Crippen molar-refractivity contribution in [1.29, 1.82) is 0 Å². The maximum atomic E-state index is 4.96. The van der Waals surface area contributed by atoms with Crippen molar-refractivity contribution in [3.05, 3.63) is 5.82 Å². The molecule has 1 heterocycles. The quantitative estimate of drug-likeness (QED) is 0.705. The van der Waals surface area contributed by atoms with E-state index in [1.807, 2.05) is 13.8 Å². The molecule has 0 saturated heterocycles. The smallest absolute Gasteiger partial charge is 0.208 e. The summed E-state index contributed by atoms with van der Waals surface area (Å²) < 4.78 is 4.01. The van der Waals surface area contributed by atoms with Gasteiger partial charge in [0.2, 0.25) is 5.13 Å². The van der Waals surface area contributed by atoms with E-state index in [-0.39, 0.29) is 0 Å². The first-order valence-electron chi connectivity index (χ1n) is 3.57. The Kier molecular flexibility index (Phi) is 3.36. The first-order chi connectivity index (χ1) is 5.72. The molecule has 0 aliphatic heterocycles. The van der Waals surface area contributed by atoms with E-state index >= 15 is 0 Å². The summed E-state index contributed by atoms with van der Waals surface area (Å²) >= 11 is 6.27. The zero-order valence-corrected chi connectivity index (χ0v) is 8.55. The second-order valence-electron chi connectivity index (χ2n) is 2.13. The molecule has 0 aliphatic rings. The molecule has 0 atom stereocenters. The molecule has 1 aromatic rings. The Labute approximate surface area is 80.6 Å². The zero-order valence-electron chi connectivity index (χ0n) is 6.92. The number of nitrogens with one attached hydrogen (secondary N) is 2. The van der Waals surface area contributed by atoms with E-state index in [1.165, 1.54) is 11.5 Å². The maximum absolute atomic E-state index is 4.96. The normalized spacial score (nSPS) is 9.50. The molecular weight excluding hydrogens is 192 g/mol. The minimum Gasteiger partial charge on any atom is -0.363 e. The fourth-order valence-corrected chi connectivity index (χ4v) is 1.54. The van der Waals surface area contributed by atoms with E-state index in [1.54, 1.807) is 0 Å². The summed E-state index contributed by atoms with van der Waals surface area (Å²) in [5.74, 6) is 0.766. The highest BCUT2D eigenvalue weighted by molar-refractivity contribution is 7.80. The summed E-state index contributed by atoms with van der Waals surface area (Å²) in [5.41, 5.74) is 0. The van der Waals surface area contributed by atoms with Crippen molar-refractivity contribution in [3.63, 3.8) is 0 Å². The molecule has 0 radical (unpaired) electrons. The molecule has 0 spiro atoms. The van der Waals surface area contributed by atoms with Crippen LogP contribution in [0.2, 0.25) is 0 Å². The van der Waals surface area contributed by atoms with Crippen molar-refractivity contribution in [3.8, 4) is 0 Å².